The average Bonchev–Trinajstić information content (AvgIpc) is 2.70. The van der Waals surface area contributed by atoms with Gasteiger partial charge in [-0.2, -0.15) is 0 Å². The fraction of sp³-hybridized carbons (Fsp3) is 0.318. The number of thioether (sulfide) groups is 1. The number of carbonyl (C=O) groups excluding carboxylic acids is 1. The monoisotopic (exact) mass is 413 g/mol. The normalized spacial score (nSPS) is 11.2. The zero-order valence-corrected chi connectivity index (χ0v) is 17.6. The molecule has 0 saturated heterocycles. The maximum atomic E-state index is 13.4. The summed E-state index contributed by atoms with van der Waals surface area (Å²) in [5, 5.41) is 1.09. The van der Waals surface area contributed by atoms with Crippen LogP contribution in [-0.2, 0) is 11.3 Å². The molecule has 1 aromatic heterocycles. The number of para-hydroxylation sites is 1. The van der Waals surface area contributed by atoms with Gasteiger partial charge < -0.3 is 4.90 Å². The number of benzene rings is 2. The second-order valence-corrected chi connectivity index (χ2v) is 7.95. The first-order valence-electron chi connectivity index (χ1n) is 9.57. The summed E-state index contributed by atoms with van der Waals surface area (Å²) in [6.07, 6.45) is 0. The predicted octanol–water partition coefficient (Wildman–Crippen LogP) is 4.26. The average molecular weight is 414 g/mol. The third-order valence-electron chi connectivity index (χ3n) is 4.61. The van der Waals surface area contributed by atoms with Crippen molar-refractivity contribution in [1.29, 1.82) is 0 Å². The molecule has 5 nitrogen and oxygen atoms in total. The Labute approximate surface area is 173 Å². The lowest BCUT2D eigenvalue weighted by Gasteiger charge is -2.21. The van der Waals surface area contributed by atoms with Gasteiger partial charge >= 0.3 is 0 Å². The van der Waals surface area contributed by atoms with E-state index in [9.17, 15) is 14.0 Å². The first-order chi connectivity index (χ1) is 13.9. The lowest BCUT2D eigenvalue weighted by Crippen LogP contribution is -2.32. The van der Waals surface area contributed by atoms with Crippen LogP contribution in [0.3, 0.4) is 0 Å². The Hall–Kier alpha value is -2.67. The molecule has 0 unspecified atom stereocenters. The van der Waals surface area contributed by atoms with Crippen LogP contribution in [0.1, 0.15) is 32.4 Å². The Morgan fingerprint density at radius 3 is 2.66 bits per heavy atom. The van der Waals surface area contributed by atoms with Gasteiger partial charge in [0.05, 0.1) is 16.7 Å². The SMILES string of the molecule is CCN(Cc1cccc(F)c1)C(=O)CSc1nc2ccccc2c(=O)n1C(C)C. The minimum Gasteiger partial charge on any atom is -0.338 e. The summed E-state index contributed by atoms with van der Waals surface area (Å²) in [5.41, 5.74) is 1.26. The van der Waals surface area contributed by atoms with E-state index < -0.39 is 0 Å². The summed E-state index contributed by atoms with van der Waals surface area (Å²) >= 11 is 1.26. The van der Waals surface area contributed by atoms with Crippen LogP contribution in [0.4, 0.5) is 4.39 Å². The molecular weight excluding hydrogens is 389 g/mol. The second kappa shape index (κ2) is 9.22. The molecule has 7 heteroatoms. The van der Waals surface area contributed by atoms with Crippen LogP contribution in [-0.4, -0.2) is 32.7 Å². The quantitative estimate of drug-likeness (QED) is 0.429. The fourth-order valence-corrected chi connectivity index (χ4v) is 4.16. The third kappa shape index (κ3) is 4.85. The summed E-state index contributed by atoms with van der Waals surface area (Å²) in [6, 6.07) is 13.4. The van der Waals surface area contributed by atoms with Crippen molar-refractivity contribution in [2.75, 3.05) is 12.3 Å². The topological polar surface area (TPSA) is 55.2 Å². The summed E-state index contributed by atoms with van der Waals surface area (Å²) in [5.74, 6) is -0.248. The molecule has 1 heterocycles. The van der Waals surface area contributed by atoms with Crippen LogP contribution in [0.25, 0.3) is 10.9 Å². The lowest BCUT2D eigenvalue weighted by molar-refractivity contribution is -0.128. The Morgan fingerprint density at radius 2 is 1.97 bits per heavy atom. The zero-order valence-electron chi connectivity index (χ0n) is 16.8. The van der Waals surface area contributed by atoms with Crippen LogP contribution in [0, 0.1) is 5.82 Å². The number of rotatable bonds is 7. The van der Waals surface area contributed by atoms with E-state index in [1.165, 1.54) is 23.9 Å². The summed E-state index contributed by atoms with van der Waals surface area (Å²) in [7, 11) is 0. The standard InChI is InChI=1S/C22H24FN3O2S/c1-4-25(13-16-8-7-9-17(23)12-16)20(27)14-29-22-24-19-11-6-5-10-18(19)21(28)26(22)15(2)3/h5-12,15H,4,13-14H2,1-3H3. The summed E-state index contributed by atoms with van der Waals surface area (Å²) in [6.45, 7) is 6.59. The molecule has 3 rings (SSSR count). The Morgan fingerprint density at radius 1 is 1.21 bits per heavy atom. The van der Waals surface area contributed by atoms with Crippen molar-refractivity contribution in [3.05, 3.63) is 70.3 Å². The van der Waals surface area contributed by atoms with E-state index in [1.807, 2.05) is 32.9 Å². The van der Waals surface area contributed by atoms with E-state index >= 15 is 0 Å². The maximum absolute atomic E-state index is 13.4. The molecule has 152 valence electrons. The van der Waals surface area contributed by atoms with Crippen molar-refractivity contribution in [3.63, 3.8) is 0 Å². The fourth-order valence-electron chi connectivity index (χ4n) is 3.13. The highest BCUT2D eigenvalue weighted by molar-refractivity contribution is 7.99. The lowest BCUT2D eigenvalue weighted by atomic mass is 10.2. The highest BCUT2D eigenvalue weighted by Crippen LogP contribution is 2.21. The van der Waals surface area contributed by atoms with Crippen LogP contribution in [0.2, 0.25) is 0 Å². The molecule has 0 spiro atoms. The van der Waals surface area contributed by atoms with Gasteiger partial charge in [-0.05, 0) is 50.6 Å². The molecule has 0 aliphatic heterocycles. The summed E-state index contributed by atoms with van der Waals surface area (Å²) in [4.78, 5) is 31.9. The molecule has 0 radical (unpaired) electrons. The van der Waals surface area contributed by atoms with E-state index in [-0.39, 0.29) is 29.1 Å². The molecule has 3 aromatic rings. The number of carbonyl (C=O) groups is 1. The second-order valence-electron chi connectivity index (χ2n) is 7.01. The van der Waals surface area contributed by atoms with Crippen LogP contribution in [0.5, 0.6) is 0 Å². The van der Waals surface area contributed by atoms with Crippen molar-refractivity contribution >= 4 is 28.6 Å². The first kappa shape index (κ1) is 21.0. The summed E-state index contributed by atoms with van der Waals surface area (Å²) < 4.78 is 15.1. The van der Waals surface area contributed by atoms with Crippen molar-refractivity contribution < 1.29 is 9.18 Å². The number of nitrogens with zero attached hydrogens (tertiary/aromatic N) is 3. The first-order valence-corrected chi connectivity index (χ1v) is 10.6. The van der Waals surface area contributed by atoms with Gasteiger partial charge in [0.15, 0.2) is 5.16 Å². The Bertz CT molecular complexity index is 1080. The van der Waals surface area contributed by atoms with E-state index in [1.54, 1.807) is 33.7 Å². The number of fused-ring (bicyclic) bond motifs is 1. The van der Waals surface area contributed by atoms with Gasteiger partial charge in [-0.15, -0.1) is 0 Å². The van der Waals surface area contributed by atoms with Gasteiger partial charge in [-0.1, -0.05) is 36.0 Å². The Kier molecular flexibility index (Phi) is 6.69. The van der Waals surface area contributed by atoms with Crippen molar-refractivity contribution in [2.24, 2.45) is 0 Å². The van der Waals surface area contributed by atoms with Gasteiger partial charge in [0, 0.05) is 19.1 Å². The predicted molar refractivity (Wildman–Crippen MR) is 115 cm³/mol. The third-order valence-corrected chi connectivity index (χ3v) is 5.55. The number of hydrogen-bond donors (Lipinski definition) is 0. The Balaban J connectivity index is 1.80. The van der Waals surface area contributed by atoms with E-state index in [2.05, 4.69) is 4.98 Å². The molecule has 0 bridgehead atoms. The highest BCUT2D eigenvalue weighted by Gasteiger charge is 2.18. The van der Waals surface area contributed by atoms with Gasteiger partial charge in [0.25, 0.3) is 5.56 Å². The number of halogens is 1. The molecule has 1 amide bonds. The van der Waals surface area contributed by atoms with Crippen LogP contribution in [0.15, 0.2) is 58.5 Å². The zero-order chi connectivity index (χ0) is 21.0. The smallest absolute Gasteiger partial charge is 0.262 e. The molecule has 0 aliphatic carbocycles. The van der Waals surface area contributed by atoms with E-state index in [4.69, 9.17) is 0 Å². The minimum atomic E-state index is -0.318. The van der Waals surface area contributed by atoms with Crippen molar-refractivity contribution in [3.8, 4) is 0 Å². The van der Waals surface area contributed by atoms with Gasteiger partial charge in [0.2, 0.25) is 5.91 Å². The molecule has 0 N–H and O–H groups in total. The minimum absolute atomic E-state index is 0.0771. The maximum Gasteiger partial charge on any atom is 0.262 e. The molecule has 0 aliphatic rings. The van der Waals surface area contributed by atoms with Crippen molar-refractivity contribution in [2.45, 2.75) is 38.5 Å². The van der Waals surface area contributed by atoms with Crippen LogP contribution >= 0.6 is 11.8 Å². The molecule has 2 aromatic carbocycles. The molecule has 0 fully saturated rings. The molecular formula is C22H24FN3O2S. The highest BCUT2D eigenvalue weighted by atomic mass is 32.2. The molecule has 0 saturated carbocycles. The largest absolute Gasteiger partial charge is 0.338 e. The number of hydrogen-bond acceptors (Lipinski definition) is 4. The van der Waals surface area contributed by atoms with Gasteiger partial charge in [-0.25, -0.2) is 9.37 Å². The molecule has 29 heavy (non-hydrogen) atoms. The van der Waals surface area contributed by atoms with Crippen molar-refractivity contribution in [1.82, 2.24) is 14.5 Å². The van der Waals surface area contributed by atoms with Gasteiger partial charge in [-0.3, -0.25) is 14.2 Å². The van der Waals surface area contributed by atoms with E-state index in [0.717, 1.165) is 5.56 Å². The number of amides is 1. The van der Waals surface area contributed by atoms with E-state index in [0.29, 0.717) is 29.1 Å². The van der Waals surface area contributed by atoms with Gasteiger partial charge in [0.1, 0.15) is 5.82 Å². The number of aromatic nitrogens is 2. The van der Waals surface area contributed by atoms with Crippen LogP contribution < -0.4 is 5.56 Å². The molecule has 0 atom stereocenters.